The van der Waals surface area contributed by atoms with Crippen molar-refractivity contribution < 1.29 is 9.59 Å². The Morgan fingerprint density at radius 2 is 1.89 bits per heavy atom. The van der Waals surface area contributed by atoms with E-state index in [0.29, 0.717) is 12.2 Å². The molecule has 2 amide bonds. The van der Waals surface area contributed by atoms with Gasteiger partial charge in [-0.1, -0.05) is 19.3 Å². The Kier molecular flexibility index (Phi) is 3.32. The summed E-state index contributed by atoms with van der Waals surface area (Å²) >= 11 is 2.16. The second-order valence-electron chi connectivity index (χ2n) is 5.39. The second kappa shape index (κ2) is 4.85. The van der Waals surface area contributed by atoms with Crippen LogP contribution < -0.4 is 4.90 Å². The van der Waals surface area contributed by atoms with Crippen molar-refractivity contribution in [2.24, 2.45) is 5.41 Å². The van der Waals surface area contributed by atoms with Gasteiger partial charge in [-0.2, -0.15) is 0 Å². The van der Waals surface area contributed by atoms with Crippen LogP contribution >= 0.6 is 22.6 Å². The molecule has 1 spiro atoms. The molecule has 1 aromatic rings. The van der Waals surface area contributed by atoms with Crippen LogP contribution in [0.15, 0.2) is 18.3 Å². The summed E-state index contributed by atoms with van der Waals surface area (Å²) in [5, 5.41) is 0. The molecule has 2 heterocycles. The number of hydrogen-bond acceptors (Lipinski definition) is 3. The summed E-state index contributed by atoms with van der Waals surface area (Å²) < 4.78 is 0.993. The first-order valence-corrected chi connectivity index (χ1v) is 7.69. The van der Waals surface area contributed by atoms with Gasteiger partial charge in [-0.25, -0.2) is 9.88 Å². The highest BCUT2D eigenvalue weighted by Gasteiger charge is 2.52. The molecular formula is C14H15IN2O2. The predicted octanol–water partition coefficient (Wildman–Crippen LogP) is 2.90. The summed E-state index contributed by atoms with van der Waals surface area (Å²) in [5.74, 6) is 0.337. The maximum absolute atomic E-state index is 12.6. The van der Waals surface area contributed by atoms with Crippen LogP contribution in [0, 0.1) is 8.99 Å². The van der Waals surface area contributed by atoms with E-state index < -0.39 is 5.41 Å². The Balaban J connectivity index is 1.92. The normalized spacial score (nSPS) is 22.3. The first-order valence-electron chi connectivity index (χ1n) is 6.61. The number of pyridine rings is 1. The van der Waals surface area contributed by atoms with E-state index in [0.717, 1.165) is 29.3 Å². The largest absolute Gasteiger partial charge is 0.274 e. The van der Waals surface area contributed by atoms with Crippen LogP contribution in [0.3, 0.4) is 0 Å². The average Bonchev–Trinajstić information content (AvgIpc) is 2.64. The number of hydrogen-bond donors (Lipinski definition) is 0. The van der Waals surface area contributed by atoms with Gasteiger partial charge in [0.05, 0.1) is 5.41 Å². The van der Waals surface area contributed by atoms with E-state index in [4.69, 9.17) is 0 Å². The van der Waals surface area contributed by atoms with E-state index in [9.17, 15) is 9.59 Å². The highest BCUT2D eigenvalue weighted by molar-refractivity contribution is 14.1. The number of nitrogens with zero attached hydrogens (tertiary/aromatic N) is 2. The topological polar surface area (TPSA) is 50.3 Å². The maximum Gasteiger partial charge on any atom is 0.241 e. The molecule has 1 aromatic heterocycles. The van der Waals surface area contributed by atoms with E-state index in [1.165, 1.54) is 11.3 Å². The number of halogens is 1. The minimum absolute atomic E-state index is 0.0362. The molecule has 1 aliphatic heterocycles. The van der Waals surface area contributed by atoms with Gasteiger partial charge in [0, 0.05) is 16.2 Å². The van der Waals surface area contributed by atoms with Crippen LogP contribution in [0.25, 0.3) is 0 Å². The number of aromatic nitrogens is 1. The number of anilines is 1. The minimum Gasteiger partial charge on any atom is -0.274 e. The fourth-order valence-corrected chi connectivity index (χ4v) is 3.46. The summed E-state index contributed by atoms with van der Waals surface area (Å²) in [6.45, 7) is 0. The molecule has 19 heavy (non-hydrogen) atoms. The molecule has 0 aromatic carbocycles. The molecule has 2 fully saturated rings. The lowest BCUT2D eigenvalue weighted by Gasteiger charge is -2.30. The molecule has 4 nitrogen and oxygen atoms in total. The van der Waals surface area contributed by atoms with Gasteiger partial charge in [0.15, 0.2) is 0 Å². The van der Waals surface area contributed by atoms with Gasteiger partial charge in [0.25, 0.3) is 0 Å². The van der Waals surface area contributed by atoms with Gasteiger partial charge in [0.1, 0.15) is 5.82 Å². The first-order chi connectivity index (χ1) is 9.12. The number of rotatable bonds is 1. The van der Waals surface area contributed by atoms with Crippen molar-refractivity contribution >= 4 is 40.2 Å². The van der Waals surface area contributed by atoms with Gasteiger partial charge in [-0.05, 0) is 47.6 Å². The van der Waals surface area contributed by atoms with E-state index in [1.807, 2.05) is 6.07 Å². The predicted molar refractivity (Wildman–Crippen MR) is 79.6 cm³/mol. The van der Waals surface area contributed by atoms with Crippen molar-refractivity contribution in [2.45, 2.75) is 38.5 Å². The molecule has 3 rings (SSSR count). The van der Waals surface area contributed by atoms with Crippen LogP contribution in [0.1, 0.15) is 38.5 Å². The summed E-state index contributed by atoms with van der Waals surface area (Å²) in [5.41, 5.74) is -0.431. The molecule has 1 saturated carbocycles. The molecule has 1 saturated heterocycles. The van der Waals surface area contributed by atoms with Crippen LogP contribution in [-0.2, 0) is 9.59 Å². The van der Waals surface area contributed by atoms with Crippen LogP contribution in [0.4, 0.5) is 5.82 Å². The van der Waals surface area contributed by atoms with Crippen molar-refractivity contribution in [3.05, 3.63) is 21.9 Å². The van der Waals surface area contributed by atoms with Gasteiger partial charge in [-0.3, -0.25) is 9.59 Å². The molecular weight excluding hydrogens is 355 g/mol. The molecule has 2 aliphatic rings. The molecule has 0 atom stereocenters. The van der Waals surface area contributed by atoms with Crippen molar-refractivity contribution in [1.82, 2.24) is 4.98 Å². The Morgan fingerprint density at radius 1 is 1.16 bits per heavy atom. The van der Waals surface area contributed by atoms with Crippen molar-refractivity contribution in [2.75, 3.05) is 4.90 Å². The Labute approximate surface area is 125 Å². The van der Waals surface area contributed by atoms with E-state index in [2.05, 4.69) is 27.6 Å². The lowest BCUT2D eigenvalue weighted by Crippen LogP contribution is -2.37. The quantitative estimate of drug-likeness (QED) is 0.564. The Bertz CT molecular complexity index is 521. The van der Waals surface area contributed by atoms with Gasteiger partial charge in [-0.15, -0.1) is 0 Å². The van der Waals surface area contributed by atoms with Crippen molar-refractivity contribution in [3.63, 3.8) is 0 Å². The first kappa shape index (κ1) is 13.0. The fraction of sp³-hybridized carbons (Fsp3) is 0.500. The van der Waals surface area contributed by atoms with Crippen molar-refractivity contribution in [1.29, 1.82) is 0 Å². The number of carbonyl (C=O) groups is 2. The third-order valence-electron chi connectivity index (χ3n) is 4.15. The van der Waals surface area contributed by atoms with Gasteiger partial charge in [0.2, 0.25) is 11.8 Å². The van der Waals surface area contributed by atoms with E-state index in [1.54, 1.807) is 12.3 Å². The maximum atomic E-state index is 12.6. The Hall–Kier alpha value is -0.980. The third kappa shape index (κ3) is 2.17. The van der Waals surface area contributed by atoms with Crippen molar-refractivity contribution in [3.8, 4) is 0 Å². The van der Waals surface area contributed by atoms with E-state index in [-0.39, 0.29) is 11.8 Å². The Morgan fingerprint density at radius 3 is 2.53 bits per heavy atom. The number of imide groups is 1. The molecule has 0 N–H and O–H groups in total. The molecule has 0 radical (unpaired) electrons. The second-order valence-corrected chi connectivity index (χ2v) is 6.63. The van der Waals surface area contributed by atoms with Crippen LogP contribution in [0.5, 0.6) is 0 Å². The standard InChI is InChI=1S/C14H15IN2O2/c15-10-4-5-11(16-9-10)17-12(18)8-14(13(17)19)6-2-1-3-7-14/h4-5,9H,1-3,6-8H2. The highest BCUT2D eigenvalue weighted by atomic mass is 127. The van der Waals surface area contributed by atoms with Crippen LogP contribution in [-0.4, -0.2) is 16.8 Å². The summed E-state index contributed by atoms with van der Waals surface area (Å²) in [6, 6.07) is 3.62. The zero-order valence-corrected chi connectivity index (χ0v) is 12.7. The summed E-state index contributed by atoms with van der Waals surface area (Å²) in [7, 11) is 0. The molecule has 0 bridgehead atoms. The van der Waals surface area contributed by atoms with E-state index >= 15 is 0 Å². The zero-order chi connectivity index (χ0) is 13.5. The number of amides is 2. The minimum atomic E-state index is -0.431. The third-order valence-corrected chi connectivity index (χ3v) is 4.79. The zero-order valence-electron chi connectivity index (χ0n) is 10.6. The number of carbonyl (C=O) groups excluding carboxylic acids is 2. The summed E-state index contributed by atoms with van der Waals surface area (Å²) in [4.78, 5) is 30.4. The molecule has 1 aliphatic carbocycles. The lowest BCUT2D eigenvalue weighted by molar-refractivity contribution is -0.127. The molecule has 100 valence electrons. The highest BCUT2D eigenvalue weighted by Crippen LogP contribution is 2.46. The van der Waals surface area contributed by atoms with Crippen LogP contribution in [0.2, 0.25) is 0 Å². The average molecular weight is 370 g/mol. The molecule has 0 unspecified atom stereocenters. The SMILES string of the molecule is O=C1CC2(CCCCC2)C(=O)N1c1ccc(I)cn1. The summed E-state index contributed by atoms with van der Waals surface area (Å²) in [6.07, 6.45) is 7.00. The molecule has 5 heteroatoms. The smallest absolute Gasteiger partial charge is 0.241 e. The van der Waals surface area contributed by atoms with Gasteiger partial charge >= 0.3 is 0 Å². The van der Waals surface area contributed by atoms with Gasteiger partial charge < -0.3 is 0 Å². The monoisotopic (exact) mass is 370 g/mol. The lowest BCUT2D eigenvalue weighted by atomic mass is 9.73. The fourth-order valence-electron chi connectivity index (χ4n) is 3.15.